The van der Waals surface area contributed by atoms with E-state index in [-0.39, 0.29) is 30.4 Å². The number of halogens is 1. The molecule has 0 radical (unpaired) electrons. The van der Waals surface area contributed by atoms with Crippen molar-refractivity contribution < 1.29 is 18.7 Å². The lowest BCUT2D eigenvalue weighted by molar-refractivity contribution is -0.120. The van der Waals surface area contributed by atoms with Crippen LogP contribution in [-0.2, 0) is 24.3 Å². The summed E-state index contributed by atoms with van der Waals surface area (Å²) in [5.74, 6) is -0.326. The molecule has 0 bridgehead atoms. The first-order valence-electron chi connectivity index (χ1n) is 9.37. The number of methoxy groups -OCH3 is 1. The zero-order chi connectivity index (χ0) is 21.3. The molecule has 0 unspecified atom stereocenters. The molecule has 0 saturated heterocycles. The van der Waals surface area contributed by atoms with Crippen LogP contribution in [0.15, 0.2) is 54.7 Å². The molecule has 9 heteroatoms. The van der Waals surface area contributed by atoms with Crippen LogP contribution in [0.4, 0.5) is 4.39 Å². The average Bonchev–Trinajstić information content (AvgIpc) is 3.22. The van der Waals surface area contributed by atoms with E-state index in [0.717, 1.165) is 5.56 Å². The lowest BCUT2D eigenvalue weighted by Crippen LogP contribution is -2.29. The number of ether oxygens (including phenoxy) is 1. The molecule has 2 amide bonds. The van der Waals surface area contributed by atoms with Crippen molar-refractivity contribution in [3.8, 4) is 5.75 Å². The smallest absolute Gasteiger partial charge is 0.273 e. The number of benzene rings is 2. The van der Waals surface area contributed by atoms with E-state index >= 15 is 0 Å². The van der Waals surface area contributed by atoms with Crippen molar-refractivity contribution in [2.75, 3.05) is 13.7 Å². The molecule has 0 aliphatic carbocycles. The number of aromatic nitrogens is 3. The third kappa shape index (κ3) is 5.63. The highest BCUT2D eigenvalue weighted by molar-refractivity contribution is 5.91. The molecule has 0 aliphatic heterocycles. The molecule has 0 spiro atoms. The normalized spacial score (nSPS) is 10.5. The Hall–Kier alpha value is -3.75. The third-order valence-electron chi connectivity index (χ3n) is 4.38. The Labute approximate surface area is 173 Å². The number of carbonyl (C=O) groups excluding carboxylic acids is 2. The summed E-state index contributed by atoms with van der Waals surface area (Å²) >= 11 is 0. The molecular weight excluding hydrogens is 389 g/mol. The summed E-state index contributed by atoms with van der Waals surface area (Å²) in [6.07, 6.45) is 1.67. The predicted molar refractivity (Wildman–Crippen MR) is 107 cm³/mol. The fourth-order valence-electron chi connectivity index (χ4n) is 2.81. The highest BCUT2D eigenvalue weighted by Crippen LogP contribution is 2.17. The number of carbonyl (C=O) groups is 2. The third-order valence-corrected chi connectivity index (χ3v) is 4.38. The number of hydrogen-bond acceptors (Lipinski definition) is 5. The summed E-state index contributed by atoms with van der Waals surface area (Å²) in [5, 5.41) is 13.1. The van der Waals surface area contributed by atoms with Gasteiger partial charge in [-0.2, -0.15) is 0 Å². The summed E-state index contributed by atoms with van der Waals surface area (Å²) in [5.41, 5.74) is 1.30. The Morgan fingerprint density at radius 3 is 2.57 bits per heavy atom. The molecule has 1 aromatic heterocycles. The molecule has 3 aromatic rings. The number of nitrogens with one attached hydrogen (secondary N) is 2. The van der Waals surface area contributed by atoms with E-state index in [1.165, 1.54) is 16.9 Å². The van der Waals surface area contributed by atoms with E-state index in [1.54, 1.807) is 31.4 Å². The Balaban J connectivity index is 1.44. The van der Waals surface area contributed by atoms with Gasteiger partial charge in [-0.1, -0.05) is 41.6 Å². The van der Waals surface area contributed by atoms with Crippen LogP contribution in [-0.4, -0.2) is 40.5 Å². The second-order valence-electron chi connectivity index (χ2n) is 6.48. The monoisotopic (exact) mass is 411 g/mol. The molecule has 1 heterocycles. The van der Waals surface area contributed by atoms with Crippen LogP contribution in [0.3, 0.4) is 0 Å². The first kappa shape index (κ1) is 21.0. The standard InChI is InChI=1S/C21H22FN5O3/c1-30-19-9-5-3-6-15(19)12-20(28)23-10-11-27-14-18(25-26-27)21(29)24-13-16-7-2-4-8-17(16)22/h2-9,14H,10-13H2,1H3,(H,23,28)(H,24,29). The quantitative estimate of drug-likeness (QED) is 0.559. The van der Waals surface area contributed by atoms with Crippen LogP contribution in [0.5, 0.6) is 5.75 Å². The lowest BCUT2D eigenvalue weighted by atomic mass is 10.1. The molecule has 0 aliphatic rings. The van der Waals surface area contributed by atoms with Gasteiger partial charge in [-0.15, -0.1) is 5.10 Å². The van der Waals surface area contributed by atoms with E-state index in [0.29, 0.717) is 24.4 Å². The number of rotatable bonds is 9. The number of amides is 2. The van der Waals surface area contributed by atoms with Gasteiger partial charge in [0, 0.05) is 24.2 Å². The number of nitrogens with zero attached hydrogens (tertiary/aromatic N) is 3. The summed E-state index contributed by atoms with van der Waals surface area (Å²) in [6.45, 7) is 0.732. The Morgan fingerprint density at radius 2 is 1.80 bits per heavy atom. The topological polar surface area (TPSA) is 98.1 Å². The van der Waals surface area contributed by atoms with Crippen molar-refractivity contribution in [3.63, 3.8) is 0 Å². The van der Waals surface area contributed by atoms with Crippen LogP contribution in [0.1, 0.15) is 21.6 Å². The minimum absolute atomic E-state index is 0.0529. The van der Waals surface area contributed by atoms with Crippen LogP contribution >= 0.6 is 0 Å². The van der Waals surface area contributed by atoms with E-state index in [1.807, 2.05) is 18.2 Å². The first-order chi connectivity index (χ1) is 14.6. The van der Waals surface area contributed by atoms with Crippen LogP contribution in [0, 0.1) is 5.82 Å². The molecule has 0 atom stereocenters. The van der Waals surface area contributed by atoms with Gasteiger partial charge in [-0.25, -0.2) is 9.07 Å². The maximum atomic E-state index is 13.6. The fraction of sp³-hybridized carbons (Fsp3) is 0.238. The molecule has 0 fully saturated rings. The SMILES string of the molecule is COc1ccccc1CC(=O)NCCn1cc(C(=O)NCc2ccccc2F)nn1. The van der Waals surface area contributed by atoms with E-state index in [2.05, 4.69) is 20.9 Å². The second-order valence-corrected chi connectivity index (χ2v) is 6.48. The van der Waals surface area contributed by atoms with E-state index in [9.17, 15) is 14.0 Å². The fourth-order valence-corrected chi connectivity index (χ4v) is 2.81. The van der Waals surface area contributed by atoms with E-state index < -0.39 is 5.91 Å². The van der Waals surface area contributed by atoms with Crippen molar-refractivity contribution in [3.05, 3.63) is 77.4 Å². The largest absolute Gasteiger partial charge is 0.496 e. The Morgan fingerprint density at radius 1 is 1.07 bits per heavy atom. The van der Waals surface area contributed by atoms with Gasteiger partial charge in [-0.05, 0) is 12.1 Å². The molecule has 0 saturated carbocycles. The van der Waals surface area contributed by atoms with Crippen LogP contribution in [0.2, 0.25) is 0 Å². The van der Waals surface area contributed by atoms with Crippen molar-refractivity contribution >= 4 is 11.8 Å². The molecular formula is C21H22FN5O3. The molecule has 2 aromatic carbocycles. The molecule has 156 valence electrons. The summed E-state index contributed by atoms with van der Waals surface area (Å²) in [6, 6.07) is 13.5. The van der Waals surface area contributed by atoms with Gasteiger partial charge in [0.2, 0.25) is 5.91 Å². The van der Waals surface area contributed by atoms with Gasteiger partial charge in [-0.3, -0.25) is 9.59 Å². The predicted octanol–water partition coefficient (Wildman–Crippen LogP) is 1.71. The summed E-state index contributed by atoms with van der Waals surface area (Å²) in [7, 11) is 1.56. The molecule has 8 nitrogen and oxygen atoms in total. The van der Waals surface area contributed by atoms with Crippen molar-refractivity contribution in [2.24, 2.45) is 0 Å². The van der Waals surface area contributed by atoms with Crippen molar-refractivity contribution in [1.82, 2.24) is 25.6 Å². The van der Waals surface area contributed by atoms with Crippen molar-refractivity contribution in [2.45, 2.75) is 19.5 Å². The first-order valence-corrected chi connectivity index (χ1v) is 9.37. The summed E-state index contributed by atoms with van der Waals surface area (Å²) < 4.78 is 20.3. The summed E-state index contributed by atoms with van der Waals surface area (Å²) in [4.78, 5) is 24.3. The zero-order valence-corrected chi connectivity index (χ0v) is 16.5. The molecule has 2 N–H and O–H groups in total. The van der Waals surface area contributed by atoms with Gasteiger partial charge < -0.3 is 15.4 Å². The van der Waals surface area contributed by atoms with Gasteiger partial charge in [0.25, 0.3) is 5.91 Å². The van der Waals surface area contributed by atoms with E-state index in [4.69, 9.17) is 4.74 Å². The van der Waals surface area contributed by atoms with Crippen molar-refractivity contribution in [1.29, 1.82) is 0 Å². The maximum Gasteiger partial charge on any atom is 0.273 e. The highest BCUT2D eigenvalue weighted by Gasteiger charge is 2.12. The van der Waals surface area contributed by atoms with Crippen LogP contribution in [0.25, 0.3) is 0 Å². The highest BCUT2D eigenvalue weighted by atomic mass is 19.1. The lowest BCUT2D eigenvalue weighted by Gasteiger charge is -2.08. The van der Waals surface area contributed by atoms with Gasteiger partial charge in [0.05, 0.1) is 26.3 Å². The zero-order valence-electron chi connectivity index (χ0n) is 16.5. The molecule has 30 heavy (non-hydrogen) atoms. The van der Waals surface area contributed by atoms with Gasteiger partial charge in [0.1, 0.15) is 11.6 Å². The average molecular weight is 411 g/mol. The second kappa shape index (κ2) is 10.1. The van der Waals surface area contributed by atoms with Crippen LogP contribution < -0.4 is 15.4 Å². The molecule has 3 rings (SSSR count). The van der Waals surface area contributed by atoms with Gasteiger partial charge >= 0.3 is 0 Å². The number of para-hydroxylation sites is 1. The Kier molecular flexibility index (Phi) is 7.09. The number of hydrogen-bond donors (Lipinski definition) is 2. The minimum Gasteiger partial charge on any atom is -0.496 e. The van der Waals surface area contributed by atoms with Gasteiger partial charge in [0.15, 0.2) is 5.69 Å². The maximum absolute atomic E-state index is 13.6. The Bertz CT molecular complexity index is 1020. The minimum atomic E-state index is -0.454.